The largest absolute Gasteiger partial charge is 0.316 e. The molecule has 1 heterocycles. The van der Waals surface area contributed by atoms with Crippen LogP contribution in [0.2, 0.25) is 0 Å². The molecule has 0 amide bonds. The van der Waals surface area contributed by atoms with Gasteiger partial charge in [-0.1, -0.05) is 6.92 Å². The average molecular weight is 111 g/mol. The number of hydrogen-bond acceptors (Lipinski definition) is 1. The lowest BCUT2D eigenvalue weighted by Gasteiger charge is -2.08. The molecule has 1 saturated carbocycles. The van der Waals surface area contributed by atoms with Gasteiger partial charge in [-0.05, 0) is 30.7 Å². The Morgan fingerprint density at radius 1 is 1.50 bits per heavy atom. The third-order valence-electron chi connectivity index (χ3n) is 2.87. The molecule has 2 rings (SSSR count). The van der Waals surface area contributed by atoms with Crippen molar-refractivity contribution in [3.63, 3.8) is 0 Å². The molecule has 1 aliphatic heterocycles. The van der Waals surface area contributed by atoms with Gasteiger partial charge in [0.25, 0.3) is 0 Å². The topological polar surface area (TPSA) is 12.0 Å². The van der Waals surface area contributed by atoms with E-state index in [0.717, 1.165) is 11.3 Å². The Hall–Kier alpha value is -0.0400. The highest BCUT2D eigenvalue weighted by Crippen LogP contribution is 2.53. The minimum atomic E-state index is 0.792. The summed E-state index contributed by atoms with van der Waals surface area (Å²) in [5, 5.41) is 3.42. The van der Waals surface area contributed by atoms with Crippen molar-refractivity contribution in [1.82, 2.24) is 5.32 Å². The number of hydrogen-bond donors (Lipinski definition) is 1. The van der Waals surface area contributed by atoms with E-state index in [1.807, 2.05) is 0 Å². The van der Waals surface area contributed by atoms with E-state index in [1.165, 1.54) is 25.9 Å². The molecule has 0 aromatic carbocycles. The van der Waals surface area contributed by atoms with Gasteiger partial charge in [-0.25, -0.2) is 0 Å². The summed E-state index contributed by atoms with van der Waals surface area (Å²) < 4.78 is 0. The van der Waals surface area contributed by atoms with Crippen LogP contribution in [0, 0.1) is 11.3 Å². The second kappa shape index (κ2) is 1.27. The molecular formula is C7H13N. The summed E-state index contributed by atoms with van der Waals surface area (Å²) in [5.41, 5.74) is 0.792. The van der Waals surface area contributed by atoms with Crippen molar-refractivity contribution in [2.24, 2.45) is 11.3 Å². The maximum Gasteiger partial charge on any atom is 0.00110 e. The molecule has 1 saturated heterocycles. The maximum atomic E-state index is 3.42. The summed E-state index contributed by atoms with van der Waals surface area (Å²) in [6, 6.07) is 0. The smallest absolute Gasteiger partial charge is 0.00110 e. The maximum absolute atomic E-state index is 3.42. The lowest BCUT2D eigenvalue weighted by atomic mass is 9.95. The van der Waals surface area contributed by atoms with Crippen molar-refractivity contribution >= 4 is 0 Å². The second-order valence-electron chi connectivity index (χ2n) is 3.39. The molecule has 0 bridgehead atoms. The van der Waals surface area contributed by atoms with Crippen molar-refractivity contribution in [2.75, 3.05) is 13.1 Å². The van der Waals surface area contributed by atoms with Crippen molar-refractivity contribution in [1.29, 1.82) is 0 Å². The first kappa shape index (κ1) is 4.80. The van der Waals surface area contributed by atoms with Crippen molar-refractivity contribution < 1.29 is 0 Å². The fraction of sp³-hybridized carbons (Fsp3) is 1.00. The van der Waals surface area contributed by atoms with Gasteiger partial charge in [-0.3, -0.25) is 0 Å². The van der Waals surface area contributed by atoms with Crippen molar-refractivity contribution in [2.45, 2.75) is 19.8 Å². The first-order valence-corrected chi connectivity index (χ1v) is 3.54. The molecule has 2 fully saturated rings. The molecule has 0 aromatic heterocycles. The van der Waals surface area contributed by atoms with E-state index in [0.29, 0.717) is 0 Å². The molecule has 1 aliphatic carbocycles. The Bertz CT molecular complexity index is 105. The zero-order chi connectivity index (χ0) is 5.61. The van der Waals surface area contributed by atoms with E-state index >= 15 is 0 Å². The SMILES string of the molecule is CC1CNCC12CC2. The van der Waals surface area contributed by atoms with Gasteiger partial charge in [0.2, 0.25) is 0 Å². The van der Waals surface area contributed by atoms with Crippen LogP contribution < -0.4 is 5.32 Å². The van der Waals surface area contributed by atoms with E-state index in [1.54, 1.807) is 0 Å². The van der Waals surface area contributed by atoms with Gasteiger partial charge in [0.05, 0.1) is 0 Å². The Morgan fingerprint density at radius 3 is 2.50 bits per heavy atom. The molecule has 1 atom stereocenters. The monoisotopic (exact) mass is 111 g/mol. The van der Waals surface area contributed by atoms with Crippen LogP contribution in [0.25, 0.3) is 0 Å². The van der Waals surface area contributed by atoms with E-state index in [2.05, 4.69) is 12.2 Å². The van der Waals surface area contributed by atoms with E-state index in [-0.39, 0.29) is 0 Å². The zero-order valence-corrected chi connectivity index (χ0v) is 5.41. The highest BCUT2D eigenvalue weighted by Gasteiger charge is 2.49. The van der Waals surface area contributed by atoms with Gasteiger partial charge in [-0.15, -0.1) is 0 Å². The van der Waals surface area contributed by atoms with Gasteiger partial charge in [0.15, 0.2) is 0 Å². The Morgan fingerprint density at radius 2 is 2.25 bits per heavy atom. The van der Waals surface area contributed by atoms with Gasteiger partial charge in [0.1, 0.15) is 0 Å². The van der Waals surface area contributed by atoms with Crippen LogP contribution in [0.1, 0.15) is 19.8 Å². The van der Waals surface area contributed by atoms with Crippen LogP contribution in [0.15, 0.2) is 0 Å². The first-order valence-electron chi connectivity index (χ1n) is 3.54. The molecular weight excluding hydrogens is 98.1 g/mol. The Labute approximate surface area is 50.5 Å². The first-order chi connectivity index (χ1) is 3.83. The van der Waals surface area contributed by atoms with Gasteiger partial charge < -0.3 is 5.32 Å². The normalized spacial score (nSPS) is 40.9. The number of nitrogens with one attached hydrogen (secondary N) is 1. The van der Waals surface area contributed by atoms with Crippen LogP contribution in [0.4, 0.5) is 0 Å². The summed E-state index contributed by atoms with van der Waals surface area (Å²) in [4.78, 5) is 0. The fourth-order valence-corrected chi connectivity index (χ4v) is 1.76. The molecule has 46 valence electrons. The molecule has 1 nitrogen and oxygen atoms in total. The van der Waals surface area contributed by atoms with Crippen LogP contribution in [0.3, 0.4) is 0 Å². The molecule has 2 aliphatic rings. The van der Waals surface area contributed by atoms with Gasteiger partial charge >= 0.3 is 0 Å². The average Bonchev–Trinajstić information content (AvgIpc) is 2.39. The summed E-state index contributed by atoms with van der Waals surface area (Å²) in [6.07, 6.45) is 2.97. The van der Waals surface area contributed by atoms with E-state index in [4.69, 9.17) is 0 Å². The van der Waals surface area contributed by atoms with Crippen LogP contribution in [-0.4, -0.2) is 13.1 Å². The van der Waals surface area contributed by atoms with Crippen molar-refractivity contribution in [3.8, 4) is 0 Å². The van der Waals surface area contributed by atoms with Crippen LogP contribution in [-0.2, 0) is 0 Å². The lowest BCUT2D eigenvalue weighted by molar-refractivity contribution is 0.432. The predicted molar refractivity (Wildman–Crippen MR) is 33.7 cm³/mol. The minimum Gasteiger partial charge on any atom is -0.316 e. The Balaban J connectivity index is 2.12. The van der Waals surface area contributed by atoms with Gasteiger partial charge in [0, 0.05) is 6.54 Å². The van der Waals surface area contributed by atoms with Crippen LogP contribution >= 0.6 is 0 Å². The van der Waals surface area contributed by atoms with Gasteiger partial charge in [-0.2, -0.15) is 0 Å². The summed E-state index contributed by atoms with van der Waals surface area (Å²) >= 11 is 0. The molecule has 1 unspecified atom stereocenters. The molecule has 1 heteroatoms. The standard InChI is InChI=1S/C7H13N/c1-6-4-8-5-7(6)2-3-7/h6,8H,2-5H2,1H3. The molecule has 8 heavy (non-hydrogen) atoms. The predicted octanol–water partition coefficient (Wildman–Crippen LogP) is 1.01. The lowest BCUT2D eigenvalue weighted by Crippen LogP contribution is -2.09. The summed E-state index contributed by atoms with van der Waals surface area (Å²) in [5.74, 6) is 0.961. The quantitative estimate of drug-likeness (QED) is 0.492. The third kappa shape index (κ3) is 0.455. The third-order valence-corrected chi connectivity index (χ3v) is 2.87. The summed E-state index contributed by atoms with van der Waals surface area (Å²) in [6.45, 7) is 4.93. The van der Waals surface area contributed by atoms with Crippen LogP contribution in [0.5, 0.6) is 0 Å². The van der Waals surface area contributed by atoms with E-state index < -0.39 is 0 Å². The highest BCUT2D eigenvalue weighted by molar-refractivity contribution is 5.02. The Kier molecular flexibility index (Phi) is 0.762. The minimum absolute atomic E-state index is 0.792. The summed E-state index contributed by atoms with van der Waals surface area (Å²) in [7, 11) is 0. The zero-order valence-electron chi connectivity index (χ0n) is 5.41. The second-order valence-corrected chi connectivity index (χ2v) is 3.39. The van der Waals surface area contributed by atoms with E-state index in [9.17, 15) is 0 Å². The highest BCUT2D eigenvalue weighted by atomic mass is 15.0. The number of rotatable bonds is 0. The molecule has 0 aromatic rings. The molecule has 0 radical (unpaired) electrons. The molecule has 1 N–H and O–H groups in total. The molecule has 1 spiro atoms. The van der Waals surface area contributed by atoms with Crippen molar-refractivity contribution in [3.05, 3.63) is 0 Å². The fourth-order valence-electron chi connectivity index (χ4n) is 1.76.